The Hall–Kier alpha value is -2.65. The van der Waals surface area contributed by atoms with Crippen LogP contribution in [0.5, 0.6) is 0 Å². The minimum absolute atomic E-state index is 0. The van der Waals surface area contributed by atoms with Crippen LogP contribution in [0.3, 0.4) is 0 Å². The normalized spacial score (nSPS) is 10.6. The lowest BCUT2D eigenvalue weighted by Gasteiger charge is -2.18. The molecule has 0 radical (unpaired) electrons. The van der Waals surface area contributed by atoms with Crippen LogP contribution in [0.15, 0.2) is 36.7 Å². The average molecular weight is 326 g/mol. The standard InChI is InChI=1S/C17H16N4OS.H2/c1-2-21(11-3-8-18)17(22)15-5-4-14(23-15)12-6-9-19-16-13(12)7-10-20-16;/h4-7,9-10H,2-3,11H2,1H3,(H,19,20);1H. The zero-order chi connectivity index (χ0) is 16.2. The molecule has 3 aromatic rings. The second-order valence-corrected chi connectivity index (χ2v) is 6.14. The fraction of sp³-hybridized carbons (Fsp3) is 0.235. The van der Waals surface area contributed by atoms with E-state index in [1.54, 1.807) is 11.1 Å². The highest BCUT2D eigenvalue weighted by molar-refractivity contribution is 7.17. The van der Waals surface area contributed by atoms with Gasteiger partial charge in [0.25, 0.3) is 5.91 Å². The maximum Gasteiger partial charge on any atom is 0.263 e. The zero-order valence-corrected chi connectivity index (χ0v) is 13.6. The second kappa shape index (κ2) is 6.63. The van der Waals surface area contributed by atoms with E-state index in [2.05, 4.69) is 16.0 Å². The van der Waals surface area contributed by atoms with Crippen LogP contribution in [0.25, 0.3) is 21.5 Å². The van der Waals surface area contributed by atoms with Crippen molar-refractivity contribution in [2.45, 2.75) is 13.3 Å². The first kappa shape index (κ1) is 15.3. The van der Waals surface area contributed by atoms with Crippen molar-refractivity contribution in [2.24, 2.45) is 0 Å². The Morgan fingerprint density at radius 1 is 1.43 bits per heavy atom. The van der Waals surface area contributed by atoms with E-state index in [9.17, 15) is 4.79 Å². The minimum atomic E-state index is -0.0154. The van der Waals surface area contributed by atoms with E-state index in [1.165, 1.54) is 11.3 Å². The number of fused-ring (bicyclic) bond motifs is 1. The van der Waals surface area contributed by atoms with Gasteiger partial charge in [-0.1, -0.05) is 0 Å². The Morgan fingerprint density at radius 2 is 2.30 bits per heavy atom. The molecule has 0 aliphatic heterocycles. The third-order valence-corrected chi connectivity index (χ3v) is 4.81. The Morgan fingerprint density at radius 3 is 3.09 bits per heavy atom. The van der Waals surface area contributed by atoms with E-state index < -0.39 is 0 Å². The summed E-state index contributed by atoms with van der Waals surface area (Å²) in [6, 6.07) is 9.87. The smallest absolute Gasteiger partial charge is 0.263 e. The van der Waals surface area contributed by atoms with Gasteiger partial charge in [0.15, 0.2) is 0 Å². The van der Waals surface area contributed by atoms with Crippen LogP contribution in [-0.4, -0.2) is 33.9 Å². The summed E-state index contributed by atoms with van der Waals surface area (Å²) >= 11 is 1.47. The molecular formula is C17H18N4OS. The highest BCUT2D eigenvalue weighted by Gasteiger charge is 2.17. The number of nitriles is 1. The lowest BCUT2D eigenvalue weighted by molar-refractivity contribution is 0.0772. The summed E-state index contributed by atoms with van der Waals surface area (Å²) in [5, 5.41) is 9.75. The molecule has 0 fully saturated rings. The van der Waals surface area contributed by atoms with Crippen LogP contribution in [0, 0.1) is 11.3 Å². The molecule has 0 unspecified atom stereocenters. The molecule has 0 atom stereocenters. The number of nitrogens with one attached hydrogen (secondary N) is 1. The molecule has 3 aromatic heterocycles. The summed E-state index contributed by atoms with van der Waals surface area (Å²) in [7, 11) is 0. The van der Waals surface area contributed by atoms with Crippen LogP contribution in [0.2, 0.25) is 0 Å². The number of H-pyrrole nitrogens is 1. The van der Waals surface area contributed by atoms with Crippen molar-refractivity contribution in [1.29, 1.82) is 5.26 Å². The molecule has 0 bridgehead atoms. The van der Waals surface area contributed by atoms with Gasteiger partial charge in [-0.3, -0.25) is 4.79 Å². The van der Waals surface area contributed by atoms with E-state index in [0.29, 0.717) is 24.4 Å². The monoisotopic (exact) mass is 326 g/mol. The molecule has 0 aromatic carbocycles. The van der Waals surface area contributed by atoms with Gasteiger partial charge in [0.1, 0.15) is 5.65 Å². The molecule has 0 saturated heterocycles. The van der Waals surface area contributed by atoms with E-state index in [1.807, 2.05) is 37.4 Å². The third kappa shape index (κ3) is 2.96. The maximum atomic E-state index is 12.5. The van der Waals surface area contributed by atoms with Crippen molar-refractivity contribution >= 4 is 28.3 Å². The Kier molecular flexibility index (Phi) is 4.40. The number of aromatic nitrogens is 2. The van der Waals surface area contributed by atoms with Gasteiger partial charge in [0.2, 0.25) is 0 Å². The van der Waals surface area contributed by atoms with Gasteiger partial charge < -0.3 is 9.88 Å². The third-order valence-electron chi connectivity index (χ3n) is 3.70. The number of amides is 1. The molecule has 118 valence electrons. The van der Waals surface area contributed by atoms with Gasteiger partial charge in [0.05, 0.1) is 17.4 Å². The Bertz CT molecular complexity index is 880. The highest BCUT2D eigenvalue weighted by Crippen LogP contribution is 2.33. The predicted molar refractivity (Wildman–Crippen MR) is 93.3 cm³/mol. The van der Waals surface area contributed by atoms with Gasteiger partial charge >= 0.3 is 0 Å². The summed E-state index contributed by atoms with van der Waals surface area (Å²) < 4.78 is 0. The lowest BCUT2D eigenvalue weighted by Crippen LogP contribution is -2.31. The molecule has 0 spiro atoms. The first-order valence-corrected chi connectivity index (χ1v) is 8.24. The number of carbonyl (C=O) groups is 1. The van der Waals surface area contributed by atoms with Crippen LogP contribution in [0.1, 0.15) is 24.4 Å². The van der Waals surface area contributed by atoms with Crippen LogP contribution in [0.4, 0.5) is 0 Å². The molecule has 23 heavy (non-hydrogen) atoms. The maximum absolute atomic E-state index is 12.5. The molecule has 1 N–H and O–H groups in total. The first-order valence-electron chi connectivity index (χ1n) is 7.43. The molecule has 3 heterocycles. The van der Waals surface area contributed by atoms with Gasteiger partial charge in [-0.05, 0) is 31.2 Å². The van der Waals surface area contributed by atoms with Gasteiger partial charge in [0, 0.05) is 42.7 Å². The number of hydrogen-bond acceptors (Lipinski definition) is 4. The summed E-state index contributed by atoms with van der Waals surface area (Å²) in [5.41, 5.74) is 1.91. The number of aromatic amines is 1. The fourth-order valence-corrected chi connectivity index (χ4v) is 3.53. The fourth-order valence-electron chi connectivity index (χ4n) is 2.52. The van der Waals surface area contributed by atoms with E-state index in [-0.39, 0.29) is 7.33 Å². The van der Waals surface area contributed by atoms with Crippen molar-refractivity contribution in [1.82, 2.24) is 14.9 Å². The highest BCUT2D eigenvalue weighted by atomic mass is 32.1. The topological polar surface area (TPSA) is 72.8 Å². The molecule has 5 nitrogen and oxygen atoms in total. The van der Waals surface area contributed by atoms with Gasteiger partial charge in [-0.15, -0.1) is 11.3 Å². The van der Waals surface area contributed by atoms with Crippen molar-refractivity contribution in [3.8, 4) is 16.5 Å². The molecule has 1 amide bonds. The van der Waals surface area contributed by atoms with E-state index in [4.69, 9.17) is 5.26 Å². The molecular weight excluding hydrogens is 308 g/mol. The SMILES string of the molecule is CCN(CCC#N)C(=O)c1ccc(-c2ccnc3[nH]ccc23)s1.[HH]. The van der Waals surface area contributed by atoms with E-state index >= 15 is 0 Å². The average Bonchev–Trinajstić information content (AvgIpc) is 3.24. The first-order chi connectivity index (χ1) is 11.2. The van der Waals surface area contributed by atoms with E-state index in [0.717, 1.165) is 21.5 Å². The molecule has 6 heteroatoms. The molecule has 0 aliphatic rings. The number of carbonyl (C=O) groups excluding carboxylic acids is 1. The number of hydrogen-bond donors (Lipinski definition) is 1. The number of nitrogens with zero attached hydrogens (tertiary/aromatic N) is 3. The largest absolute Gasteiger partial charge is 0.346 e. The van der Waals surface area contributed by atoms with Crippen molar-refractivity contribution < 1.29 is 6.22 Å². The zero-order valence-electron chi connectivity index (χ0n) is 12.7. The van der Waals surface area contributed by atoms with Crippen LogP contribution >= 0.6 is 11.3 Å². The van der Waals surface area contributed by atoms with Gasteiger partial charge in [-0.2, -0.15) is 5.26 Å². The number of thiophene rings is 1. The Balaban J connectivity index is 0.00000208. The van der Waals surface area contributed by atoms with Gasteiger partial charge in [-0.25, -0.2) is 4.98 Å². The van der Waals surface area contributed by atoms with Crippen LogP contribution < -0.4 is 0 Å². The van der Waals surface area contributed by atoms with Crippen molar-refractivity contribution in [3.63, 3.8) is 0 Å². The minimum Gasteiger partial charge on any atom is -0.346 e. The predicted octanol–water partition coefficient (Wildman–Crippen LogP) is 3.91. The quantitative estimate of drug-likeness (QED) is 0.772. The summed E-state index contributed by atoms with van der Waals surface area (Å²) in [4.78, 5) is 23.4. The molecule has 0 saturated carbocycles. The molecule has 3 rings (SSSR count). The number of rotatable bonds is 5. The summed E-state index contributed by atoms with van der Waals surface area (Å²) in [5.74, 6) is -0.0154. The molecule has 0 aliphatic carbocycles. The van der Waals surface area contributed by atoms with Crippen LogP contribution in [-0.2, 0) is 0 Å². The summed E-state index contributed by atoms with van der Waals surface area (Å²) in [6.07, 6.45) is 3.98. The van der Waals surface area contributed by atoms with Crippen molar-refractivity contribution in [3.05, 3.63) is 41.5 Å². The van der Waals surface area contributed by atoms with Crippen molar-refractivity contribution in [2.75, 3.05) is 13.1 Å². The second-order valence-electron chi connectivity index (χ2n) is 5.06. The summed E-state index contributed by atoms with van der Waals surface area (Å²) in [6.45, 7) is 3.00. The lowest BCUT2D eigenvalue weighted by atomic mass is 10.1. The number of pyridine rings is 1. The Labute approximate surface area is 139 Å².